The SMILES string of the molecule is C/C=C(\C(C)=N/C)c1ccc2cc[nH]c2n1. The summed E-state index contributed by atoms with van der Waals surface area (Å²) < 4.78 is 0. The number of fused-ring (bicyclic) bond motifs is 1. The zero-order valence-corrected chi connectivity index (χ0v) is 9.78. The number of aromatic nitrogens is 2. The summed E-state index contributed by atoms with van der Waals surface area (Å²) in [4.78, 5) is 11.9. The molecule has 0 aromatic carbocycles. The van der Waals surface area contributed by atoms with E-state index in [9.17, 15) is 0 Å². The number of hydrogen-bond acceptors (Lipinski definition) is 2. The van der Waals surface area contributed by atoms with Crippen molar-refractivity contribution in [3.05, 3.63) is 36.2 Å². The van der Waals surface area contributed by atoms with Crippen molar-refractivity contribution in [3.63, 3.8) is 0 Å². The number of H-pyrrole nitrogens is 1. The van der Waals surface area contributed by atoms with Crippen LogP contribution in [-0.4, -0.2) is 22.7 Å². The fourth-order valence-corrected chi connectivity index (χ4v) is 1.74. The molecule has 16 heavy (non-hydrogen) atoms. The lowest BCUT2D eigenvalue weighted by molar-refractivity contribution is 1.29. The number of nitrogens with zero attached hydrogens (tertiary/aromatic N) is 2. The highest BCUT2D eigenvalue weighted by Crippen LogP contribution is 2.17. The molecule has 82 valence electrons. The minimum atomic E-state index is 0.917. The van der Waals surface area contributed by atoms with E-state index in [1.165, 1.54) is 0 Å². The highest BCUT2D eigenvalue weighted by atomic mass is 14.9. The second-order valence-corrected chi connectivity index (χ2v) is 3.62. The summed E-state index contributed by atoms with van der Waals surface area (Å²) >= 11 is 0. The second kappa shape index (κ2) is 4.31. The van der Waals surface area contributed by atoms with Crippen molar-refractivity contribution < 1.29 is 0 Å². The van der Waals surface area contributed by atoms with Crippen LogP contribution < -0.4 is 0 Å². The first-order valence-corrected chi connectivity index (χ1v) is 5.31. The van der Waals surface area contributed by atoms with Crippen LogP contribution in [0.5, 0.6) is 0 Å². The Kier molecular flexibility index (Phi) is 2.86. The van der Waals surface area contributed by atoms with Crippen LogP contribution in [0.4, 0.5) is 0 Å². The molecule has 0 amide bonds. The lowest BCUT2D eigenvalue weighted by Crippen LogP contribution is -1.99. The first-order chi connectivity index (χ1) is 7.76. The lowest BCUT2D eigenvalue weighted by Gasteiger charge is -2.05. The van der Waals surface area contributed by atoms with Crippen molar-refractivity contribution in [2.75, 3.05) is 7.05 Å². The normalized spacial score (nSPS) is 13.4. The van der Waals surface area contributed by atoms with Gasteiger partial charge in [0.05, 0.1) is 5.69 Å². The Balaban J connectivity index is 2.54. The Morgan fingerprint density at radius 1 is 1.38 bits per heavy atom. The van der Waals surface area contributed by atoms with Gasteiger partial charge in [0.1, 0.15) is 5.65 Å². The van der Waals surface area contributed by atoms with Crippen LogP contribution in [0.15, 0.2) is 35.5 Å². The maximum atomic E-state index is 4.57. The number of nitrogens with one attached hydrogen (secondary N) is 1. The average molecular weight is 213 g/mol. The minimum Gasteiger partial charge on any atom is -0.346 e. The van der Waals surface area contributed by atoms with Crippen LogP contribution in [0.1, 0.15) is 19.5 Å². The summed E-state index contributed by atoms with van der Waals surface area (Å²) in [5, 5.41) is 1.13. The van der Waals surface area contributed by atoms with E-state index in [4.69, 9.17) is 0 Å². The van der Waals surface area contributed by atoms with Crippen LogP contribution in [0, 0.1) is 0 Å². The molecule has 2 rings (SSSR count). The van der Waals surface area contributed by atoms with E-state index in [1.54, 1.807) is 7.05 Å². The molecule has 0 bridgehead atoms. The fraction of sp³-hybridized carbons (Fsp3) is 0.231. The molecule has 0 aliphatic rings. The lowest BCUT2D eigenvalue weighted by atomic mass is 10.1. The van der Waals surface area contributed by atoms with Gasteiger partial charge in [0.15, 0.2) is 0 Å². The number of aliphatic imine (C=N–C) groups is 1. The van der Waals surface area contributed by atoms with Crippen LogP contribution in [-0.2, 0) is 0 Å². The van der Waals surface area contributed by atoms with Crippen molar-refractivity contribution in [1.29, 1.82) is 0 Å². The number of hydrogen-bond donors (Lipinski definition) is 1. The Morgan fingerprint density at radius 3 is 2.88 bits per heavy atom. The van der Waals surface area contributed by atoms with Gasteiger partial charge in [0, 0.05) is 29.9 Å². The van der Waals surface area contributed by atoms with Gasteiger partial charge < -0.3 is 4.98 Å². The molecule has 0 aliphatic heterocycles. The van der Waals surface area contributed by atoms with Crippen molar-refractivity contribution in [3.8, 4) is 0 Å². The Hall–Kier alpha value is -1.90. The van der Waals surface area contributed by atoms with Gasteiger partial charge in [-0.15, -0.1) is 0 Å². The maximum absolute atomic E-state index is 4.57. The topological polar surface area (TPSA) is 41.0 Å². The van der Waals surface area contributed by atoms with E-state index in [1.807, 2.05) is 38.3 Å². The third-order valence-electron chi connectivity index (χ3n) is 2.70. The summed E-state index contributed by atoms with van der Waals surface area (Å²) in [6.45, 7) is 4.00. The van der Waals surface area contributed by atoms with E-state index in [2.05, 4.69) is 21.0 Å². The smallest absolute Gasteiger partial charge is 0.137 e. The van der Waals surface area contributed by atoms with Crippen LogP contribution >= 0.6 is 0 Å². The maximum Gasteiger partial charge on any atom is 0.137 e. The van der Waals surface area contributed by atoms with Gasteiger partial charge in [-0.2, -0.15) is 0 Å². The van der Waals surface area contributed by atoms with Crippen LogP contribution in [0.25, 0.3) is 16.6 Å². The molecule has 0 saturated carbocycles. The second-order valence-electron chi connectivity index (χ2n) is 3.62. The summed E-state index contributed by atoms with van der Waals surface area (Å²) in [6, 6.07) is 6.11. The molecule has 2 heterocycles. The van der Waals surface area contributed by atoms with Gasteiger partial charge in [-0.25, -0.2) is 4.98 Å². The van der Waals surface area contributed by atoms with Crippen molar-refractivity contribution in [1.82, 2.24) is 9.97 Å². The van der Waals surface area contributed by atoms with Crippen LogP contribution in [0.2, 0.25) is 0 Å². The summed E-state index contributed by atoms with van der Waals surface area (Å²) in [5.41, 5.74) is 3.96. The van der Waals surface area contributed by atoms with E-state index in [0.717, 1.165) is 28.0 Å². The third kappa shape index (κ3) is 1.76. The van der Waals surface area contributed by atoms with E-state index in [-0.39, 0.29) is 0 Å². The molecule has 0 spiro atoms. The first kappa shape index (κ1) is 10.6. The number of pyridine rings is 1. The van der Waals surface area contributed by atoms with E-state index < -0.39 is 0 Å². The Bertz CT molecular complexity index is 561. The monoisotopic (exact) mass is 213 g/mol. The molecule has 2 aromatic heterocycles. The largest absolute Gasteiger partial charge is 0.346 e. The number of aromatic amines is 1. The molecule has 2 aromatic rings. The summed E-state index contributed by atoms with van der Waals surface area (Å²) in [7, 11) is 1.80. The summed E-state index contributed by atoms with van der Waals surface area (Å²) in [6.07, 6.45) is 3.94. The van der Waals surface area contributed by atoms with Crippen molar-refractivity contribution >= 4 is 22.3 Å². The molecule has 0 unspecified atom stereocenters. The van der Waals surface area contributed by atoms with Gasteiger partial charge in [-0.3, -0.25) is 4.99 Å². The average Bonchev–Trinajstić information content (AvgIpc) is 2.77. The molecule has 0 saturated heterocycles. The minimum absolute atomic E-state index is 0.917. The Labute approximate surface area is 94.9 Å². The van der Waals surface area contributed by atoms with Crippen molar-refractivity contribution in [2.24, 2.45) is 4.99 Å². The Morgan fingerprint density at radius 2 is 2.19 bits per heavy atom. The highest BCUT2D eigenvalue weighted by Gasteiger charge is 2.06. The molecule has 3 nitrogen and oxygen atoms in total. The molecule has 0 atom stereocenters. The molecule has 1 N–H and O–H groups in total. The summed E-state index contributed by atoms with van der Waals surface area (Å²) in [5.74, 6) is 0. The molecular formula is C13H15N3. The standard InChI is InChI=1S/C13H15N3/c1-4-11(9(2)14-3)12-6-5-10-7-8-15-13(10)16-12/h4-8H,1-3H3,(H,15,16)/b11-4+,14-9-. The molecular weight excluding hydrogens is 198 g/mol. The molecule has 0 aliphatic carbocycles. The number of rotatable bonds is 2. The predicted molar refractivity (Wildman–Crippen MR) is 68.8 cm³/mol. The molecule has 0 radical (unpaired) electrons. The number of allylic oxidation sites excluding steroid dienone is 2. The highest BCUT2D eigenvalue weighted by molar-refractivity contribution is 6.22. The first-order valence-electron chi connectivity index (χ1n) is 5.31. The fourth-order valence-electron chi connectivity index (χ4n) is 1.74. The van der Waals surface area contributed by atoms with E-state index in [0.29, 0.717) is 0 Å². The zero-order valence-electron chi connectivity index (χ0n) is 9.78. The zero-order chi connectivity index (χ0) is 11.5. The van der Waals surface area contributed by atoms with E-state index >= 15 is 0 Å². The van der Waals surface area contributed by atoms with Crippen LogP contribution in [0.3, 0.4) is 0 Å². The quantitative estimate of drug-likeness (QED) is 0.765. The van der Waals surface area contributed by atoms with Gasteiger partial charge in [-0.05, 0) is 32.0 Å². The van der Waals surface area contributed by atoms with Crippen molar-refractivity contribution in [2.45, 2.75) is 13.8 Å². The third-order valence-corrected chi connectivity index (χ3v) is 2.70. The molecule has 0 fully saturated rings. The molecule has 3 heteroatoms. The van der Waals surface area contributed by atoms with Gasteiger partial charge in [0.2, 0.25) is 0 Å². The predicted octanol–water partition coefficient (Wildman–Crippen LogP) is 3.06. The van der Waals surface area contributed by atoms with Gasteiger partial charge >= 0.3 is 0 Å². The van der Waals surface area contributed by atoms with Gasteiger partial charge in [-0.1, -0.05) is 6.08 Å². The van der Waals surface area contributed by atoms with Gasteiger partial charge in [0.25, 0.3) is 0 Å².